The summed E-state index contributed by atoms with van der Waals surface area (Å²) in [5.74, 6) is -1.83. The fourth-order valence-electron chi connectivity index (χ4n) is 2.72. The molecule has 0 fully saturated rings. The number of amides is 1. The van der Waals surface area contributed by atoms with E-state index in [2.05, 4.69) is 10.0 Å². The molecule has 0 saturated carbocycles. The number of fused-ring (bicyclic) bond motifs is 2. The minimum Gasteiger partial charge on any atom is -0.454 e. The molecule has 2 N–H and O–H groups in total. The van der Waals surface area contributed by atoms with E-state index in [0.717, 1.165) is 12.1 Å². The Morgan fingerprint density at radius 3 is 2.54 bits per heavy atom. The van der Waals surface area contributed by atoms with Crippen LogP contribution in [0.5, 0.6) is 11.5 Å². The van der Waals surface area contributed by atoms with Gasteiger partial charge in [-0.3, -0.25) is 9.52 Å². The van der Waals surface area contributed by atoms with Crippen LogP contribution in [0.1, 0.15) is 10.4 Å². The molecule has 0 aliphatic carbocycles. The molecular weight excluding hydrogens is 390 g/mol. The smallest absolute Gasteiger partial charge is 0.264 e. The van der Waals surface area contributed by atoms with Crippen LogP contribution in [0.15, 0.2) is 65.6 Å². The average Bonchev–Trinajstić information content (AvgIpc) is 2.79. The fraction of sp³-hybridized carbons (Fsp3) is 0. The van der Waals surface area contributed by atoms with E-state index in [9.17, 15) is 22.0 Å². The number of halogens is 2. The van der Waals surface area contributed by atoms with Gasteiger partial charge in [0.05, 0.1) is 11.3 Å². The molecule has 9 heteroatoms. The molecule has 0 unspecified atom stereocenters. The van der Waals surface area contributed by atoms with Crippen molar-refractivity contribution in [2.75, 3.05) is 10.0 Å². The van der Waals surface area contributed by atoms with Crippen LogP contribution < -0.4 is 14.8 Å². The molecular formula is C19H12F2N2O4S. The summed E-state index contributed by atoms with van der Waals surface area (Å²) >= 11 is 0. The summed E-state index contributed by atoms with van der Waals surface area (Å²) in [5, 5.41) is 2.67. The van der Waals surface area contributed by atoms with Crippen molar-refractivity contribution in [3.05, 3.63) is 77.9 Å². The summed E-state index contributed by atoms with van der Waals surface area (Å²) in [7, 11) is -4.41. The van der Waals surface area contributed by atoms with Crippen molar-refractivity contribution in [3.63, 3.8) is 0 Å². The molecule has 1 aliphatic rings. The lowest BCUT2D eigenvalue weighted by Gasteiger charge is -2.11. The van der Waals surface area contributed by atoms with E-state index in [1.807, 2.05) is 0 Å². The van der Waals surface area contributed by atoms with Gasteiger partial charge in [0.2, 0.25) is 0 Å². The predicted molar refractivity (Wildman–Crippen MR) is 98.1 cm³/mol. The van der Waals surface area contributed by atoms with Gasteiger partial charge in [-0.2, -0.15) is 0 Å². The molecule has 28 heavy (non-hydrogen) atoms. The van der Waals surface area contributed by atoms with E-state index in [4.69, 9.17) is 4.74 Å². The molecule has 1 amide bonds. The van der Waals surface area contributed by atoms with Gasteiger partial charge in [-0.15, -0.1) is 0 Å². The molecule has 0 aromatic heterocycles. The molecule has 142 valence electrons. The topological polar surface area (TPSA) is 84.5 Å². The van der Waals surface area contributed by atoms with Gasteiger partial charge in [-0.1, -0.05) is 12.1 Å². The monoisotopic (exact) mass is 402 g/mol. The number of ether oxygens (including phenoxy) is 1. The zero-order chi connectivity index (χ0) is 19.9. The lowest BCUT2D eigenvalue weighted by Crippen LogP contribution is -2.16. The van der Waals surface area contributed by atoms with Gasteiger partial charge in [0.1, 0.15) is 22.3 Å². The highest BCUT2D eigenvalue weighted by Crippen LogP contribution is 2.36. The zero-order valence-electron chi connectivity index (χ0n) is 14.1. The van der Waals surface area contributed by atoms with Crippen LogP contribution in [-0.2, 0) is 10.0 Å². The Labute approximate surface area is 158 Å². The first-order chi connectivity index (χ1) is 13.3. The van der Waals surface area contributed by atoms with E-state index in [0.29, 0.717) is 17.5 Å². The van der Waals surface area contributed by atoms with Crippen LogP contribution in [0, 0.1) is 11.6 Å². The number of carbonyl (C=O) groups excluding carboxylic acids is 1. The maximum Gasteiger partial charge on any atom is 0.264 e. The highest BCUT2D eigenvalue weighted by atomic mass is 32.2. The molecule has 6 nitrogen and oxygen atoms in total. The summed E-state index contributed by atoms with van der Waals surface area (Å²) in [6.07, 6.45) is 0. The largest absolute Gasteiger partial charge is 0.454 e. The van der Waals surface area contributed by atoms with Crippen molar-refractivity contribution in [2.24, 2.45) is 0 Å². The van der Waals surface area contributed by atoms with Gasteiger partial charge in [0, 0.05) is 5.69 Å². The van der Waals surface area contributed by atoms with Crippen LogP contribution in [0.3, 0.4) is 0 Å². The molecule has 0 spiro atoms. The van der Waals surface area contributed by atoms with Crippen LogP contribution in [0.25, 0.3) is 0 Å². The number of hydrogen-bond acceptors (Lipinski definition) is 4. The second-order valence-electron chi connectivity index (χ2n) is 5.94. The number of anilines is 2. The van der Waals surface area contributed by atoms with Crippen LogP contribution >= 0.6 is 0 Å². The second kappa shape index (κ2) is 6.61. The summed E-state index contributed by atoms with van der Waals surface area (Å²) in [6.45, 7) is 0. The maximum atomic E-state index is 13.8. The molecule has 3 aromatic rings. The SMILES string of the molecule is O=C1Nc2ccccc2Oc2ccc(NS(=O)(=O)c3cc(F)ccc3F)cc21. The Morgan fingerprint density at radius 2 is 1.71 bits per heavy atom. The Balaban J connectivity index is 1.69. The number of hydrogen-bond donors (Lipinski definition) is 2. The summed E-state index contributed by atoms with van der Waals surface area (Å²) in [4.78, 5) is 11.6. The van der Waals surface area contributed by atoms with Gasteiger partial charge < -0.3 is 10.1 Å². The summed E-state index contributed by atoms with van der Waals surface area (Å²) in [5.41, 5.74) is 0.538. The number of carbonyl (C=O) groups is 1. The third kappa shape index (κ3) is 3.27. The molecule has 4 rings (SSSR count). The van der Waals surface area contributed by atoms with Crippen molar-refractivity contribution < 1.29 is 26.7 Å². The van der Waals surface area contributed by atoms with Crippen molar-refractivity contribution in [1.29, 1.82) is 0 Å². The minimum absolute atomic E-state index is 0.00730. The van der Waals surface area contributed by atoms with Crippen LogP contribution in [0.4, 0.5) is 20.2 Å². The quantitative estimate of drug-likeness (QED) is 0.690. The first-order valence-electron chi connectivity index (χ1n) is 8.04. The van der Waals surface area contributed by atoms with E-state index >= 15 is 0 Å². The number of benzene rings is 3. The number of sulfonamides is 1. The third-order valence-corrected chi connectivity index (χ3v) is 5.41. The van der Waals surface area contributed by atoms with Gasteiger partial charge in [0.15, 0.2) is 5.75 Å². The van der Waals surface area contributed by atoms with E-state index in [1.165, 1.54) is 18.2 Å². The first-order valence-corrected chi connectivity index (χ1v) is 9.52. The van der Waals surface area contributed by atoms with Crippen molar-refractivity contribution in [3.8, 4) is 11.5 Å². The van der Waals surface area contributed by atoms with Gasteiger partial charge in [-0.05, 0) is 48.5 Å². The molecule has 0 radical (unpaired) electrons. The normalized spacial score (nSPS) is 12.9. The molecule has 3 aromatic carbocycles. The maximum absolute atomic E-state index is 13.8. The lowest BCUT2D eigenvalue weighted by atomic mass is 10.1. The Bertz CT molecular complexity index is 1210. The zero-order valence-corrected chi connectivity index (χ0v) is 14.9. The number of nitrogens with one attached hydrogen (secondary N) is 2. The molecule has 0 saturated heterocycles. The molecule has 0 atom stereocenters. The lowest BCUT2D eigenvalue weighted by molar-refractivity contribution is 0.102. The summed E-state index contributed by atoms with van der Waals surface area (Å²) < 4.78 is 59.9. The Morgan fingerprint density at radius 1 is 0.929 bits per heavy atom. The van der Waals surface area contributed by atoms with Gasteiger partial charge in [-0.25, -0.2) is 17.2 Å². The fourth-order valence-corrected chi connectivity index (χ4v) is 3.86. The standard InChI is InChI=1S/C19H12F2N2O4S/c20-11-5-7-14(21)18(9-11)28(25,26)23-12-6-8-16-13(10-12)19(24)22-15-3-1-2-4-17(15)27-16/h1-10,23H,(H,22,24). The van der Waals surface area contributed by atoms with Crippen LogP contribution in [-0.4, -0.2) is 14.3 Å². The first kappa shape index (κ1) is 17.9. The average molecular weight is 402 g/mol. The van der Waals surface area contributed by atoms with Crippen LogP contribution in [0.2, 0.25) is 0 Å². The summed E-state index contributed by atoms with van der Waals surface area (Å²) in [6, 6.07) is 12.9. The number of para-hydroxylation sites is 2. The number of rotatable bonds is 3. The van der Waals surface area contributed by atoms with E-state index in [1.54, 1.807) is 24.3 Å². The molecule has 1 heterocycles. The van der Waals surface area contributed by atoms with Gasteiger partial charge in [0.25, 0.3) is 15.9 Å². The molecule has 1 aliphatic heterocycles. The Hall–Kier alpha value is -3.46. The van der Waals surface area contributed by atoms with Crippen molar-refractivity contribution >= 4 is 27.3 Å². The predicted octanol–water partition coefficient (Wildman–Crippen LogP) is 4.12. The Kier molecular flexibility index (Phi) is 4.23. The van der Waals surface area contributed by atoms with Crippen molar-refractivity contribution in [1.82, 2.24) is 0 Å². The van der Waals surface area contributed by atoms with Crippen molar-refractivity contribution in [2.45, 2.75) is 4.90 Å². The second-order valence-corrected chi connectivity index (χ2v) is 7.59. The van der Waals surface area contributed by atoms with Gasteiger partial charge >= 0.3 is 0 Å². The molecule has 0 bridgehead atoms. The van der Waals surface area contributed by atoms with E-state index in [-0.39, 0.29) is 17.0 Å². The third-order valence-electron chi connectivity index (χ3n) is 4.01. The van der Waals surface area contributed by atoms with E-state index < -0.39 is 32.5 Å². The highest BCUT2D eigenvalue weighted by Gasteiger charge is 2.24. The highest BCUT2D eigenvalue weighted by molar-refractivity contribution is 7.92. The minimum atomic E-state index is -4.41.